The first-order chi connectivity index (χ1) is 9.65. The summed E-state index contributed by atoms with van der Waals surface area (Å²) >= 11 is 5.94. The van der Waals surface area contributed by atoms with Crippen LogP contribution in [0.5, 0.6) is 0 Å². The second-order valence-corrected chi connectivity index (χ2v) is 4.89. The third kappa shape index (κ3) is 2.32. The molecule has 0 atom stereocenters. The molecule has 2 aromatic carbocycles. The number of furan rings is 1. The highest BCUT2D eigenvalue weighted by Crippen LogP contribution is 2.24. The zero-order valence-corrected chi connectivity index (χ0v) is 11.2. The van der Waals surface area contributed by atoms with Gasteiger partial charge in [0, 0.05) is 16.8 Å². The number of ketones is 1. The van der Waals surface area contributed by atoms with Crippen molar-refractivity contribution in [3.63, 3.8) is 0 Å². The molecule has 0 bridgehead atoms. The first-order valence-corrected chi connectivity index (χ1v) is 6.46. The number of halogens is 2. The number of benzene rings is 2. The predicted molar refractivity (Wildman–Crippen MR) is 75.7 cm³/mol. The number of hydrogen-bond acceptors (Lipinski definition) is 2. The van der Waals surface area contributed by atoms with Crippen LogP contribution in [0.4, 0.5) is 4.39 Å². The summed E-state index contributed by atoms with van der Waals surface area (Å²) < 4.78 is 18.3. The average molecular weight is 289 g/mol. The lowest BCUT2D eigenvalue weighted by atomic mass is 10.0. The molecule has 0 saturated heterocycles. The molecular weight excluding hydrogens is 279 g/mol. The fraction of sp³-hybridized carbons (Fsp3) is 0.0625. The van der Waals surface area contributed by atoms with Gasteiger partial charge in [-0.05, 0) is 23.8 Å². The van der Waals surface area contributed by atoms with Gasteiger partial charge >= 0.3 is 0 Å². The van der Waals surface area contributed by atoms with Crippen molar-refractivity contribution >= 4 is 28.4 Å². The molecule has 0 N–H and O–H groups in total. The molecule has 100 valence electrons. The summed E-state index contributed by atoms with van der Waals surface area (Å²) in [6, 6.07) is 11.4. The van der Waals surface area contributed by atoms with Crippen molar-refractivity contribution in [1.29, 1.82) is 0 Å². The zero-order valence-electron chi connectivity index (χ0n) is 10.4. The van der Waals surface area contributed by atoms with Crippen LogP contribution in [0.15, 0.2) is 53.1 Å². The standard InChI is InChI=1S/C16H10ClFO2/c17-14-8-11(18)6-5-10(14)7-15(19)13-9-20-16-4-2-1-3-12(13)16/h1-6,8-9H,7H2. The highest BCUT2D eigenvalue weighted by atomic mass is 35.5. The highest BCUT2D eigenvalue weighted by molar-refractivity contribution is 6.31. The van der Waals surface area contributed by atoms with Crippen LogP contribution in [0.25, 0.3) is 11.0 Å². The zero-order chi connectivity index (χ0) is 14.1. The van der Waals surface area contributed by atoms with Gasteiger partial charge in [0.25, 0.3) is 0 Å². The molecule has 3 rings (SSSR count). The summed E-state index contributed by atoms with van der Waals surface area (Å²) in [6.07, 6.45) is 1.56. The van der Waals surface area contributed by atoms with Gasteiger partial charge in [0.2, 0.25) is 0 Å². The molecule has 0 amide bonds. The first kappa shape index (κ1) is 12.9. The van der Waals surface area contributed by atoms with E-state index in [-0.39, 0.29) is 17.2 Å². The number of fused-ring (bicyclic) bond motifs is 1. The van der Waals surface area contributed by atoms with E-state index in [9.17, 15) is 9.18 Å². The van der Waals surface area contributed by atoms with Crippen LogP contribution < -0.4 is 0 Å². The Labute approximate surface area is 119 Å². The van der Waals surface area contributed by atoms with E-state index in [1.807, 2.05) is 18.2 Å². The fourth-order valence-corrected chi connectivity index (χ4v) is 2.36. The van der Waals surface area contributed by atoms with E-state index >= 15 is 0 Å². The van der Waals surface area contributed by atoms with Crippen molar-refractivity contribution in [3.05, 3.63) is 70.7 Å². The number of Topliss-reactive ketones (excluding diaryl/α,β-unsaturated/α-hetero) is 1. The lowest BCUT2D eigenvalue weighted by Gasteiger charge is -2.03. The van der Waals surface area contributed by atoms with Crippen molar-refractivity contribution in [2.24, 2.45) is 0 Å². The largest absolute Gasteiger partial charge is 0.464 e. The first-order valence-electron chi connectivity index (χ1n) is 6.08. The molecule has 0 aliphatic carbocycles. The maximum Gasteiger partial charge on any atom is 0.171 e. The smallest absolute Gasteiger partial charge is 0.171 e. The van der Waals surface area contributed by atoms with E-state index in [0.717, 1.165) is 5.39 Å². The Balaban J connectivity index is 1.93. The average Bonchev–Trinajstić information content (AvgIpc) is 2.86. The Kier molecular flexibility index (Phi) is 3.28. The minimum Gasteiger partial charge on any atom is -0.464 e. The maximum atomic E-state index is 13.0. The number of para-hydroxylation sites is 1. The van der Waals surface area contributed by atoms with Crippen molar-refractivity contribution in [2.75, 3.05) is 0 Å². The van der Waals surface area contributed by atoms with Crippen LogP contribution in [-0.4, -0.2) is 5.78 Å². The van der Waals surface area contributed by atoms with Gasteiger partial charge in [-0.3, -0.25) is 4.79 Å². The molecule has 3 aromatic rings. The third-order valence-corrected chi connectivity index (χ3v) is 3.50. The Hall–Kier alpha value is -2.13. The van der Waals surface area contributed by atoms with Gasteiger partial charge in [0.05, 0.1) is 5.56 Å². The van der Waals surface area contributed by atoms with Crippen LogP contribution in [0, 0.1) is 5.82 Å². The van der Waals surface area contributed by atoms with Gasteiger partial charge < -0.3 is 4.42 Å². The minimum absolute atomic E-state index is 0.108. The van der Waals surface area contributed by atoms with Crippen molar-refractivity contribution in [2.45, 2.75) is 6.42 Å². The predicted octanol–water partition coefficient (Wildman–Crippen LogP) is 4.65. The van der Waals surface area contributed by atoms with Crippen molar-refractivity contribution < 1.29 is 13.6 Å². The van der Waals surface area contributed by atoms with Gasteiger partial charge in [-0.2, -0.15) is 0 Å². The van der Waals surface area contributed by atoms with Crippen molar-refractivity contribution in [1.82, 2.24) is 0 Å². The molecule has 0 unspecified atom stereocenters. The fourth-order valence-electron chi connectivity index (χ4n) is 2.13. The molecule has 2 nitrogen and oxygen atoms in total. The molecule has 0 aliphatic heterocycles. The van der Waals surface area contributed by atoms with Crippen LogP contribution in [0.3, 0.4) is 0 Å². The van der Waals surface area contributed by atoms with Crippen LogP contribution in [-0.2, 0) is 6.42 Å². The molecule has 1 aromatic heterocycles. The van der Waals surface area contributed by atoms with Gasteiger partial charge in [-0.25, -0.2) is 4.39 Å². The van der Waals surface area contributed by atoms with Gasteiger partial charge in [-0.1, -0.05) is 35.9 Å². The summed E-state index contributed by atoms with van der Waals surface area (Å²) in [4.78, 5) is 12.3. The molecule has 1 heterocycles. The Bertz CT molecular complexity index is 792. The van der Waals surface area contributed by atoms with E-state index in [0.29, 0.717) is 16.7 Å². The molecule has 0 saturated carbocycles. The Morgan fingerprint density at radius 3 is 2.80 bits per heavy atom. The second kappa shape index (κ2) is 5.10. The molecule has 20 heavy (non-hydrogen) atoms. The van der Waals surface area contributed by atoms with Crippen molar-refractivity contribution in [3.8, 4) is 0 Å². The van der Waals surface area contributed by atoms with E-state index in [2.05, 4.69) is 0 Å². The lowest BCUT2D eigenvalue weighted by molar-refractivity contribution is 0.0993. The number of carbonyl (C=O) groups is 1. The van der Waals surface area contributed by atoms with E-state index in [1.165, 1.54) is 24.5 Å². The number of rotatable bonds is 3. The van der Waals surface area contributed by atoms with Crippen LogP contribution >= 0.6 is 11.6 Å². The molecular formula is C16H10ClFO2. The number of hydrogen-bond donors (Lipinski definition) is 0. The maximum absolute atomic E-state index is 13.0. The van der Waals surface area contributed by atoms with E-state index < -0.39 is 5.82 Å². The second-order valence-electron chi connectivity index (χ2n) is 4.48. The molecule has 0 fully saturated rings. The van der Waals surface area contributed by atoms with Crippen LogP contribution in [0.1, 0.15) is 15.9 Å². The Morgan fingerprint density at radius 1 is 1.20 bits per heavy atom. The normalized spacial score (nSPS) is 10.9. The highest BCUT2D eigenvalue weighted by Gasteiger charge is 2.15. The number of carbonyl (C=O) groups excluding carboxylic acids is 1. The SMILES string of the molecule is O=C(Cc1ccc(F)cc1Cl)c1coc2ccccc12. The summed E-state index contributed by atoms with van der Waals surface area (Å²) in [5, 5.41) is 1.03. The Morgan fingerprint density at radius 2 is 2.00 bits per heavy atom. The monoisotopic (exact) mass is 288 g/mol. The minimum atomic E-state index is -0.417. The lowest BCUT2D eigenvalue weighted by Crippen LogP contribution is -2.03. The summed E-state index contributed by atoms with van der Waals surface area (Å²) in [7, 11) is 0. The molecule has 0 spiro atoms. The summed E-state index contributed by atoms with van der Waals surface area (Å²) in [6.45, 7) is 0. The summed E-state index contributed by atoms with van der Waals surface area (Å²) in [5.41, 5.74) is 1.78. The summed E-state index contributed by atoms with van der Waals surface area (Å²) in [5.74, 6) is -0.525. The quantitative estimate of drug-likeness (QED) is 0.657. The van der Waals surface area contributed by atoms with E-state index in [1.54, 1.807) is 6.07 Å². The topological polar surface area (TPSA) is 30.2 Å². The molecule has 0 radical (unpaired) electrons. The third-order valence-electron chi connectivity index (χ3n) is 3.15. The van der Waals surface area contributed by atoms with Crippen LogP contribution in [0.2, 0.25) is 5.02 Å². The van der Waals surface area contributed by atoms with Gasteiger partial charge in [-0.15, -0.1) is 0 Å². The van der Waals surface area contributed by atoms with E-state index in [4.69, 9.17) is 16.0 Å². The molecule has 4 heteroatoms. The molecule has 0 aliphatic rings. The van der Waals surface area contributed by atoms with Gasteiger partial charge in [0.15, 0.2) is 5.78 Å². The van der Waals surface area contributed by atoms with Gasteiger partial charge in [0.1, 0.15) is 17.7 Å².